The molecule has 1 aromatic carbocycles. The molecule has 1 aliphatic heterocycles. The summed E-state index contributed by atoms with van der Waals surface area (Å²) in [7, 11) is -0.659. The topological polar surface area (TPSA) is 107 Å². The highest BCUT2D eigenvalue weighted by atomic mass is 32.2. The maximum Gasteiger partial charge on any atom is 0.308 e. The molecule has 2 rings (SSSR count). The van der Waals surface area contributed by atoms with Crippen LogP contribution in [-0.2, 0) is 19.6 Å². The largest absolute Gasteiger partial charge is 0.481 e. The second kappa shape index (κ2) is 6.60. The number of benzene rings is 1. The minimum Gasteiger partial charge on any atom is -0.481 e. The maximum atomic E-state index is 12.2. The summed E-state index contributed by atoms with van der Waals surface area (Å²) in [5.41, 5.74) is 0.453. The lowest BCUT2D eigenvalue weighted by atomic mass is 10.1. The molecule has 0 aromatic heterocycles. The van der Waals surface area contributed by atoms with E-state index in [-0.39, 0.29) is 29.7 Å². The SMILES string of the molecule is CC(CN(C)C(=O)CN(C)C1=NS(=O)(=O)c2ccccc21)C(=O)O. The summed E-state index contributed by atoms with van der Waals surface area (Å²) < 4.78 is 27.8. The summed E-state index contributed by atoms with van der Waals surface area (Å²) >= 11 is 0. The lowest BCUT2D eigenvalue weighted by molar-refractivity contribution is -0.142. The van der Waals surface area contributed by atoms with E-state index in [0.717, 1.165) is 0 Å². The number of fused-ring (bicyclic) bond motifs is 1. The van der Waals surface area contributed by atoms with Gasteiger partial charge in [-0.05, 0) is 12.1 Å². The quantitative estimate of drug-likeness (QED) is 0.813. The van der Waals surface area contributed by atoms with Crippen molar-refractivity contribution in [3.63, 3.8) is 0 Å². The van der Waals surface area contributed by atoms with Gasteiger partial charge in [-0.1, -0.05) is 19.1 Å². The minimum atomic E-state index is -3.74. The molecular weight excluding hydrogens is 334 g/mol. The highest BCUT2D eigenvalue weighted by Gasteiger charge is 2.31. The molecule has 1 aromatic rings. The van der Waals surface area contributed by atoms with Crippen molar-refractivity contribution in [2.75, 3.05) is 27.2 Å². The average Bonchev–Trinajstić information content (AvgIpc) is 2.79. The molecule has 1 N–H and O–H groups in total. The van der Waals surface area contributed by atoms with Crippen LogP contribution in [0, 0.1) is 5.92 Å². The summed E-state index contributed by atoms with van der Waals surface area (Å²) in [5.74, 6) is -1.79. The zero-order chi connectivity index (χ0) is 18.1. The Bertz CT molecular complexity index is 803. The number of likely N-dealkylation sites (N-methyl/N-ethyl adjacent to an activating group) is 2. The first-order valence-electron chi connectivity index (χ1n) is 7.25. The summed E-state index contributed by atoms with van der Waals surface area (Å²) in [6, 6.07) is 6.42. The number of amides is 1. The second-order valence-electron chi connectivity index (χ2n) is 5.76. The first-order chi connectivity index (χ1) is 11.1. The van der Waals surface area contributed by atoms with Crippen molar-refractivity contribution >= 4 is 27.7 Å². The Balaban J connectivity index is 2.12. The number of carboxylic acid groups (broad SMARTS) is 1. The van der Waals surface area contributed by atoms with Crippen molar-refractivity contribution in [1.82, 2.24) is 9.80 Å². The van der Waals surface area contributed by atoms with Gasteiger partial charge >= 0.3 is 5.97 Å². The van der Waals surface area contributed by atoms with Gasteiger partial charge in [0.2, 0.25) is 5.91 Å². The van der Waals surface area contributed by atoms with Crippen LogP contribution in [-0.4, -0.2) is 68.2 Å². The van der Waals surface area contributed by atoms with Crippen LogP contribution in [0.3, 0.4) is 0 Å². The van der Waals surface area contributed by atoms with Gasteiger partial charge in [-0.25, -0.2) is 0 Å². The van der Waals surface area contributed by atoms with Crippen LogP contribution in [0.4, 0.5) is 0 Å². The zero-order valence-corrected chi connectivity index (χ0v) is 14.4. The number of carbonyl (C=O) groups is 2. The fourth-order valence-corrected chi connectivity index (χ4v) is 3.60. The van der Waals surface area contributed by atoms with E-state index in [1.165, 1.54) is 29.8 Å². The highest BCUT2D eigenvalue weighted by Crippen LogP contribution is 2.26. The number of sulfonamides is 1. The molecule has 0 saturated carbocycles. The van der Waals surface area contributed by atoms with Gasteiger partial charge in [0.25, 0.3) is 10.0 Å². The van der Waals surface area contributed by atoms with E-state index >= 15 is 0 Å². The Morgan fingerprint density at radius 1 is 1.25 bits per heavy atom. The third-order valence-electron chi connectivity index (χ3n) is 3.74. The standard InChI is InChI=1S/C15H19N3O5S/c1-10(15(20)21)8-17(2)13(19)9-18(3)14-11-6-4-5-7-12(11)24(22,23)16-14/h4-7,10H,8-9H2,1-3H3,(H,20,21). The first kappa shape index (κ1) is 17.9. The summed E-state index contributed by atoms with van der Waals surface area (Å²) in [6.07, 6.45) is 0. The maximum absolute atomic E-state index is 12.2. The van der Waals surface area contributed by atoms with Gasteiger partial charge in [0.15, 0.2) is 5.84 Å². The molecule has 1 unspecified atom stereocenters. The molecule has 0 aliphatic carbocycles. The van der Waals surface area contributed by atoms with E-state index in [0.29, 0.717) is 5.56 Å². The summed E-state index contributed by atoms with van der Waals surface area (Å²) in [6.45, 7) is 1.48. The van der Waals surface area contributed by atoms with Crippen LogP contribution in [0.2, 0.25) is 0 Å². The van der Waals surface area contributed by atoms with Crippen molar-refractivity contribution < 1.29 is 23.1 Å². The average molecular weight is 353 g/mol. The number of carbonyl (C=O) groups excluding carboxylic acids is 1. The zero-order valence-electron chi connectivity index (χ0n) is 13.6. The van der Waals surface area contributed by atoms with E-state index in [9.17, 15) is 18.0 Å². The number of hydrogen-bond acceptors (Lipinski definition) is 5. The lowest BCUT2D eigenvalue weighted by Gasteiger charge is -2.24. The van der Waals surface area contributed by atoms with Crippen LogP contribution in [0.5, 0.6) is 0 Å². The molecule has 130 valence electrons. The van der Waals surface area contributed by atoms with Crippen LogP contribution < -0.4 is 0 Å². The lowest BCUT2D eigenvalue weighted by Crippen LogP contribution is -2.41. The number of carboxylic acids is 1. The van der Waals surface area contributed by atoms with E-state index in [1.807, 2.05) is 0 Å². The molecule has 8 nitrogen and oxygen atoms in total. The van der Waals surface area contributed by atoms with Crippen molar-refractivity contribution in [2.24, 2.45) is 10.3 Å². The molecule has 1 aliphatic rings. The molecule has 0 saturated heterocycles. The fraction of sp³-hybridized carbons (Fsp3) is 0.400. The monoisotopic (exact) mass is 353 g/mol. The van der Waals surface area contributed by atoms with Crippen LogP contribution in [0.25, 0.3) is 0 Å². The molecular formula is C15H19N3O5S. The van der Waals surface area contributed by atoms with Crippen molar-refractivity contribution in [3.8, 4) is 0 Å². The molecule has 9 heteroatoms. The van der Waals surface area contributed by atoms with Crippen LogP contribution in [0.15, 0.2) is 33.6 Å². The molecule has 0 radical (unpaired) electrons. The molecule has 0 fully saturated rings. The van der Waals surface area contributed by atoms with Gasteiger partial charge in [-0.2, -0.15) is 8.42 Å². The summed E-state index contributed by atoms with van der Waals surface area (Å²) in [4.78, 5) is 26.0. The van der Waals surface area contributed by atoms with Gasteiger partial charge in [0, 0.05) is 26.2 Å². The molecule has 1 atom stereocenters. The number of rotatable bonds is 5. The number of hydrogen-bond donors (Lipinski definition) is 1. The van der Waals surface area contributed by atoms with Crippen molar-refractivity contribution in [2.45, 2.75) is 11.8 Å². The third kappa shape index (κ3) is 3.56. The van der Waals surface area contributed by atoms with Gasteiger partial charge in [0.05, 0.1) is 12.5 Å². The number of aliphatic carboxylic acids is 1. The van der Waals surface area contributed by atoms with Crippen molar-refractivity contribution in [1.29, 1.82) is 0 Å². The van der Waals surface area contributed by atoms with E-state index in [4.69, 9.17) is 5.11 Å². The predicted molar refractivity (Wildman–Crippen MR) is 87.2 cm³/mol. The van der Waals surface area contributed by atoms with E-state index < -0.39 is 21.9 Å². The van der Waals surface area contributed by atoms with Gasteiger partial charge < -0.3 is 14.9 Å². The van der Waals surface area contributed by atoms with Gasteiger partial charge in [-0.3, -0.25) is 9.59 Å². The molecule has 1 amide bonds. The molecule has 0 spiro atoms. The van der Waals surface area contributed by atoms with Gasteiger partial charge in [-0.15, -0.1) is 4.40 Å². The molecule has 24 heavy (non-hydrogen) atoms. The smallest absolute Gasteiger partial charge is 0.308 e. The number of amidine groups is 1. The summed E-state index contributed by atoms with van der Waals surface area (Å²) in [5, 5.41) is 8.90. The van der Waals surface area contributed by atoms with Crippen LogP contribution >= 0.6 is 0 Å². The molecule has 1 heterocycles. The Morgan fingerprint density at radius 2 is 1.88 bits per heavy atom. The highest BCUT2D eigenvalue weighted by molar-refractivity contribution is 7.90. The second-order valence-corrected chi connectivity index (χ2v) is 7.33. The Labute approximate surface area is 140 Å². The Morgan fingerprint density at radius 3 is 2.50 bits per heavy atom. The Kier molecular flexibility index (Phi) is 4.93. The van der Waals surface area contributed by atoms with E-state index in [2.05, 4.69) is 4.40 Å². The normalized spacial score (nSPS) is 16.0. The molecule has 0 bridgehead atoms. The first-order valence-corrected chi connectivity index (χ1v) is 8.69. The third-order valence-corrected chi connectivity index (χ3v) is 5.07. The minimum absolute atomic E-state index is 0.0728. The van der Waals surface area contributed by atoms with Gasteiger partial charge in [0.1, 0.15) is 4.90 Å². The van der Waals surface area contributed by atoms with E-state index in [1.54, 1.807) is 25.2 Å². The number of nitrogens with zero attached hydrogens (tertiary/aromatic N) is 3. The van der Waals surface area contributed by atoms with Crippen LogP contribution in [0.1, 0.15) is 12.5 Å². The fourth-order valence-electron chi connectivity index (χ4n) is 2.35. The van der Waals surface area contributed by atoms with Crippen molar-refractivity contribution in [3.05, 3.63) is 29.8 Å². The predicted octanol–water partition coefficient (Wildman–Crippen LogP) is 0.246. The Hall–Kier alpha value is -2.42.